The summed E-state index contributed by atoms with van der Waals surface area (Å²) in [4.78, 5) is 9.00. The van der Waals surface area contributed by atoms with E-state index in [-0.39, 0.29) is 0 Å². The number of carboxylic acids is 1. The van der Waals surface area contributed by atoms with Gasteiger partial charge in [0.2, 0.25) is 0 Å². The van der Waals surface area contributed by atoms with Crippen LogP contribution in [0.3, 0.4) is 0 Å². The van der Waals surface area contributed by atoms with E-state index in [1.807, 2.05) is 0 Å². The van der Waals surface area contributed by atoms with E-state index < -0.39 is 5.97 Å². The van der Waals surface area contributed by atoms with Crippen molar-refractivity contribution in [1.29, 1.82) is 0 Å². The van der Waals surface area contributed by atoms with Gasteiger partial charge in [0.1, 0.15) is 0 Å². The number of hydrogen-bond donors (Lipinski definition) is 1. The molecule has 0 aliphatic heterocycles. The predicted octanol–water partition coefficient (Wildman–Crippen LogP) is 5.57. The van der Waals surface area contributed by atoms with Gasteiger partial charge >= 0.3 is 0 Å². The van der Waals surface area contributed by atoms with Crippen molar-refractivity contribution in [2.45, 2.75) is 85.0 Å². The third-order valence-corrected chi connectivity index (χ3v) is 2.63. The molecule has 0 bridgehead atoms. The molecule has 0 spiro atoms. The minimum absolute atomic E-state index is 0.833. The highest BCUT2D eigenvalue weighted by atomic mass is 16.4. The number of allylic oxidation sites excluding steroid dienone is 2. The van der Waals surface area contributed by atoms with E-state index in [1.165, 1.54) is 64.2 Å². The van der Waals surface area contributed by atoms with Gasteiger partial charge in [-0.05, 0) is 19.3 Å². The lowest BCUT2D eigenvalue weighted by Crippen LogP contribution is -1.79. The molecule has 2 nitrogen and oxygen atoms in total. The summed E-state index contributed by atoms with van der Waals surface area (Å²) >= 11 is 0. The quantitative estimate of drug-likeness (QED) is 0.409. The van der Waals surface area contributed by atoms with Gasteiger partial charge in [0, 0.05) is 6.92 Å². The largest absolute Gasteiger partial charge is 0.481 e. The molecular weight excluding hydrogens is 224 g/mol. The molecule has 0 atom stereocenters. The van der Waals surface area contributed by atoms with Crippen LogP contribution in [-0.2, 0) is 4.79 Å². The SMILES string of the molecule is CC(=O)O.CC/C=C/CCCCCCCCCC. The van der Waals surface area contributed by atoms with Gasteiger partial charge in [-0.2, -0.15) is 0 Å². The standard InChI is InChI=1S/C14H28.C2H4O2/c1-3-5-7-9-11-13-14-12-10-8-6-4-2;1-2(3)4/h5,7H,3-4,6,8-14H2,1-2H3;1H3,(H,3,4)/b7-5+;. The topological polar surface area (TPSA) is 37.3 Å². The summed E-state index contributed by atoms with van der Waals surface area (Å²) < 4.78 is 0. The van der Waals surface area contributed by atoms with Crippen molar-refractivity contribution in [2.24, 2.45) is 0 Å². The molecule has 0 aromatic carbocycles. The first-order valence-corrected chi connectivity index (χ1v) is 7.49. The van der Waals surface area contributed by atoms with Crippen LogP contribution in [0.2, 0.25) is 0 Å². The average molecular weight is 256 g/mol. The Hall–Kier alpha value is -0.790. The fraction of sp³-hybridized carbons (Fsp3) is 0.812. The normalized spacial score (nSPS) is 10.2. The van der Waals surface area contributed by atoms with Crippen molar-refractivity contribution in [1.82, 2.24) is 0 Å². The Morgan fingerprint density at radius 2 is 1.33 bits per heavy atom. The van der Waals surface area contributed by atoms with Crippen LogP contribution in [-0.4, -0.2) is 11.1 Å². The Morgan fingerprint density at radius 1 is 0.889 bits per heavy atom. The fourth-order valence-electron chi connectivity index (χ4n) is 1.68. The van der Waals surface area contributed by atoms with Crippen LogP contribution in [0, 0.1) is 0 Å². The third kappa shape index (κ3) is 29.5. The number of carbonyl (C=O) groups is 1. The molecule has 0 radical (unpaired) electrons. The van der Waals surface area contributed by atoms with E-state index in [9.17, 15) is 0 Å². The summed E-state index contributed by atoms with van der Waals surface area (Å²) in [5.41, 5.74) is 0. The number of unbranched alkanes of at least 4 members (excludes halogenated alkanes) is 8. The van der Waals surface area contributed by atoms with E-state index in [2.05, 4.69) is 26.0 Å². The van der Waals surface area contributed by atoms with Crippen molar-refractivity contribution in [3.05, 3.63) is 12.2 Å². The summed E-state index contributed by atoms with van der Waals surface area (Å²) in [7, 11) is 0. The maximum atomic E-state index is 9.00. The molecule has 0 heterocycles. The highest BCUT2D eigenvalue weighted by molar-refractivity contribution is 5.62. The Labute approximate surface area is 113 Å². The molecule has 0 saturated heterocycles. The van der Waals surface area contributed by atoms with Gasteiger partial charge in [-0.25, -0.2) is 0 Å². The zero-order chi connectivity index (χ0) is 14.1. The molecule has 0 unspecified atom stereocenters. The monoisotopic (exact) mass is 256 g/mol. The maximum absolute atomic E-state index is 9.00. The lowest BCUT2D eigenvalue weighted by atomic mass is 10.1. The molecule has 0 aliphatic rings. The predicted molar refractivity (Wildman–Crippen MR) is 80.0 cm³/mol. The van der Waals surface area contributed by atoms with Gasteiger partial charge in [0.25, 0.3) is 5.97 Å². The molecule has 18 heavy (non-hydrogen) atoms. The third-order valence-electron chi connectivity index (χ3n) is 2.63. The first kappa shape index (κ1) is 19.5. The van der Waals surface area contributed by atoms with Gasteiger partial charge in [-0.15, -0.1) is 0 Å². The van der Waals surface area contributed by atoms with Crippen LogP contribution >= 0.6 is 0 Å². The van der Waals surface area contributed by atoms with E-state index in [1.54, 1.807) is 0 Å². The Bertz CT molecular complexity index is 182. The van der Waals surface area contributed by atoms with Gasteiger partial charge in [-0.3, -0.25) is 4.79 Å². The van der Waals surface area contributed by atoms with Crippen molar-refractivity contribution in [2.75, 3.05) is 0 Å². The van der Waals surface area contributed by atoms with Crippen LogP contribution in [0.5, 0.6) is 0 Å². The second kappa shape index (κ2) is 18.6. The van der Waals surface area contributed by atoms with Crippen LogP contribution in [0.4, 0.5) is 0 Å². The molecular formula is C16H32O2. The van der Waals surface area contributed by atoms with E-state index in [0.29, 0.717) is 0 Å². The summed E-state index contributed by atoms with van der Waals surface area (Å²) in [6, 6.07) is 0. The van der Waals surface area contributed by atoms with Gasteiger partial charge < -0.3 is 5.11 Å². The first-order chi connectivity index (χ1) is 8.65. The van der Waals surface area contributed by atoms with Crippen LogP contribution < -0.4 is 0 Å². The molecule has 0 aromatic heterocycles. The smallest absolute Gasteiger partial charge is 0.300 e. The van der Waals surface area contributed by atoms with Crippen molar-refractivity contribution in [3.8, 4) is 0 Å². The van der Waals surface area contributed by atoms with Gasteiger partial charge in [0.15, 0.2) is 0 Å². The second-order valence-corrected chi connectivity index (χ2v) is 4.66. The number of hydrogen-bond acceptors (Lipinski definition) is 1. The van der Waals surface area contributed by atoms with E-state index in [0.717, 1.165) is 6.92 Å². The molecule has 2 heteroatoms. The second-order valence-electron chi connectivity index (χ2n) is 4.66. The Kier molecular flexibility index (Phi) is 20.2. The van der Waals surface area contributed by atoms with E-state index >= 15 is 0 Å². The number of aliphatic carboxylic acids is 1. The van der Waals surface area contributed by atoms with E-state index in [4.69, 9.17) is 9.90 Å². The molecule has 0 aromatic rings. The van der Waals surface area contributed by atoms with Crippen molar-refractivity contribution < 1.29 is 9.90 Å². The Morgan fingerprint density at radius 3 is 1.78 bits per heavy atom. The highest BCUT2D eigenvalue weighted by Gasteiger charge is 1.89. The molecule has 0 rings (SSSR count). The maximum Gasteiger partial charge on any atom is 0.300 e. The van der Waals surface area contributed by atoms with Crippen LogP contribution in [0.25, 0.3) is 0 Å². The minimum Gasteiger partial charge on any atom is -0.481 e. The first-order valence-electron chi connectivity index (χ1n) is 7.49. The van der Waals surface area contributed by atoms with Crippen molar-refractivity contribution >= 4 is 5.97 Å². The summed E-state index contributed by atoms with van der Waals surface area (Å²) in [6.07, 6.45) is 18.5. The van der Waals surface area contributed by atoms with Crippen LogP contribution in [0.15, 0.2) is 12.2 Å². The van der Waals surface area contributed by atoms with Crippen molar-refractivity contribution in [3.63, 3.8) is 0 Å². The summed E-state index contributed by atoms with van der Waals surface area (Å²) in [6.45, 7) is 5.56. The lowest BCUT2D eigenvalue weighted by molar-refractivity contribution is -0.134. The lowest BCUT2D eigenvalue weighted by Gasteiger charge is -1.99. The number of carboxylic acid groups (broad SMARTS) is 1. The highest BCUT2D eigenvalue weighted by Crippen LogP contribution is 2.09. The molecule has 0 amide bonds. The molecule has 1 N–H and O–H groups in total. The molecule has 0 saturated carbocycles. The minimum atomic E-state index is -0.833. The fourth-order valence-corrected chi connectivity index (χ4v) is 1.68. The average Bonchev–Trinajstić information content (AvgIpc) is 2.31. The summed E-state index contributed by atoms with van der Waals surface area (Å²) in [5, 5.41) is 7.42. The Balaban J connectivity index is 0. The zero-order valence-electron chi connectivity index (χ0n) is 12.6. The molecule has 0 fully saturated rings. The van der Waals surface area contributed by atoms with Crippen LogP contribution in [0.1, 0.15) is 85.0 Å². The molecule has 108 valence electrons. The molecule has 0 aliphatic carbocycles. The zero-order valence-corrected chi connectivity index (χ0v) is 12.6. The van der Waals surface area contributed by atoms with Gasteiger partial charge in [0.05, 0.1) is 0 Å². The van der Waals surface area contributed by atoms with Gasteiger partial charge in [-0.1, -0.05) is 70.9 Å². The number of rotatable bonds is 10. The summed E-state index contributed by atoms with van der Waals surface area (Å²) in [5.74, 6) is -0.833.